The standard InChI is InChI=1S/C25H37BN2O2P/c1-20(2)27-19-28(21(3)4)31(22-15-11-9-12-16-22,23-17-13-10-14-18-23)26-29-24(5,6)25(7,8)30-26/h9-21H,1-8H3/q+1. The molecule has 2 aromatic carbocycles. The molecule has 0 unspecified atom stereocenters. The fraction of sp³-hybridized carbons (Fsp3) is 0.480. The van der Waals surface area contributed by atoms with Crippen LogP contribution in [0.15, 0.2) is 65.7 Å². The van der Waals surface area contributed by atoms with Crippen LogP contribution in [-0.2, 0) is 9.31 Å². The Morgan fingerprint density at radius 1 is 0.806 bits per heavy atom. The van der Waals surface area contributed by atoms with E-state index in [0.717, 1.165) is 0 Å². The van der Waals surface area contributed by atoms with Crippen molar-refractivity contribution in [2.75, 3.05) is 0 Å². The minimum atomic E-state index is -2.39. The Hall–Kier alpha value is -1.68. The van der Waals surface area contributed by atoms with Gasteiger partial charge < -0.3 is 9.31 Å². The third-order valence-electron chi connectivity index (χ3n) is 6.22. The Kier molecular flexibility index (Phi) is 7.00. The molecule has 1 fully saturated rings. The molecule has 0 saturated carbocycles. The molecular formula is C25H37BN2O2P+. The van der Waals surface area contributed by atoms with E-state index in [4.69, 9.17) is 14.3 Å². The molecule has 1 aliphatic rings. The summed E-state index contributed by atoms with van der Waals surface area (Å²) in [6, 6.07) is 21.8. The van der Waals surface area contributed by atoms with Gasteiger partial charge >= 0.3 is 6.84 Å². The summed E-state index contributed by atoms with van der Waals surface area (Å²) in [5, 5.41) is 2.45. The molecule has 0 spiro atoms. The van der Waals surface area contributed by atoms with Gasteiger partial charge in [-0.2, -0.15) is 0 Å². The van der Waals surface area contributed by atoms with Gasteiger partial charge in [-0.05, 0) is 79.7 Å². The average Bonchev–Trinajstić information content (AvgIpc) is 2.93. The average molecular weight is 439 g/mol. The van der Waals surface area contributed by atoms with E-state index in [0.29, 0.717) is 0 Å². The first-order valence-corrected chi connectivity index (χ1v) is 13.0. The van der Waals surface area contributed by atoms with Gasteiger partial charge in [0.15, 0.2) is 7.29 Å². The zero-order valence-corrected chi connectivity index (χ0v) is 21.1. The van der Waals surface area contributed by atoms with Crippen LogP contribution in [0.3, 0.4) is 0 Å². The van der Waals surface area contributed by atoms with Crippen molar-refractivity contribution in [3.05, 3.63) is 60.7 Å². The molecule has 3 rings (SSSR count). The van der Waals surface area contributed by atoms with Gasteiger partial charge in [0.1, 0.15) is 16.9 Å². The molecule has 0 amide bonds. The predicted octanol–water partition coefficient (Wildman–Crippen LogP) is 5.31. The maximum atomic E-state index is 6.80. The molecule has 2 aromatic rings. The minimum Gasteiger partial charge on any atom is -0.365 e. The van der Waals surface area contributed by atoms with Crippen molar-refractivity contribution >= 4 is 31.1 Å². The van der Waals surface area contributed by atoms with Gasteiger partial charge in [0.05, 0.1) is 17.2 Å². The molecule has 1 heterocycles. The van der Waals surface area contributed by atoms with Gasteiger partial charge in [-0.3, -0.25) is 4.99 Å². The second kappa shape index (κ2) is 9.06. The van der Waals surface area contributed by atoms with E-state index in [2.05, 4.69) is 121 Å². The third kappa shape index (κ3) is 4.46. The largest absolute Gasteiger partial charge is 0.705 e. The lowest BCUT2D eigenvalue weighted by Gasteiger charge is -2.38. The smallest absolute Gasteiger partial charge is 0.365 e. The molecule has 31 heavy (non-hydrogen) atoms. The lowest BCUT2D eigenvalue weighted by atomic mass is 9.90. The quantitative estimate of drug-likeness (QED) is 0.254. The van der Waals surface area contributed by atoms with Crippen LogP contribution in [0.4, 0.5) is 0 Å². The molecule has 0 aliphatic carbocycles. The topological polar surface area (TPSA) is 34.1 Å². The van der Waals surface area contributed by atoms with E-state index in [9.17, 15) is 0 Å². The Bertz CT molecular complexity index is 829. The first kappa shape index (κ1) is 24.0. The molecule has 0 radical (unpaired) electrons. The van der Waals surface area contributed by atoms with Crippen molar-refractivity contribution < 1.29 is 9.31 Å². The fourth-order valence-electron chi connectivity index (χ4n) is 3.82. The number of aliphatic imine (C=N–C) groups is 1. The number of rotatable bonds is 7. The van der Waals surface area contributed by atoms with Crippen LogP contribution in [0.5, 0.6) is 0 Å². The highest BCUT2D eigenvalue weighted by Crippen LogP contribution is 2.66. The molecule has 4 nitrogen and oxygen atoms in total. The predicted molar refractivity (Wildman–Crippen MR) is 136 cm³/mol. The number of hydrogen-bond donors (Lipinski definition) is 0. The van der Waals surface area contributed by atoms with E-state index >= 15 is 0 Å². The van der Waals surface area contributed by atoms with Crippen LogP contribution in [0.2, 0.25) is 0 Å². The molecule has 166 valence electrons. The van der Waals surface area contributed by atoms with Crippen LogP contribution in [-0.4, -0.2) is 41.1 Å². The van der Waals surface area contributed by atoms with Gasteiger partial charge in [0.2, 0.25) is 0 Å². The molecule has 1 saturated heterocycles. The highest BCUT2D eigenvalue weighted by Gasteiger charge is 2.71. The van der Waals surface area contributed by atoms with Crippen molar-refractivity contribution in [1.29, 1.82) is 0 Å². The summed E-state index contributed by atoms with van der Waals surface area (Å²) < 4.78 is 16.0. The first-order chi connectivity index (χ1) is 14.5. The SMILES string of the molecule is CC(C)N=CN(C(C)C)[P+](B1OC(C)(C)C(C)(C)O1)(c1ccccc1)c1ccccc1. The van der Waals surface area contributed by atoms with Crippen molar-refractivity contribution in [1.82, 2.24) is 4.67 Å². The Morgan fingerprint density at radius 2 is 1.23 bits per heavy atom. The van der Waals surface area contributed by atoms with Gasteiger partial charge in [0.25, 0.3) is 0 Å². The Labute approximate surface area is 189 Å². The van der Waals surface area contributed by atoms with Crippen LogP contribution >= 0.6 is 7.29 Å². The van der Waals surface area contributed by atoms with E-state index in [1.54, 1.807) is 0 Å². The van der Waals surface area contributed by atoms with Crippen molar-refractivity contribution in [2.24, 2.45) is 4.99 Å². The normalized spacial score (nSPS) is 18.3. The lowest BCUT2D eigenvalue weighted by molar-refractivity contribution is 0.00578. The first-order valence-electron chi connectivity index (χ1n) is 11.2. The minimum absolute atomic E-state index is 0.202. The second-order valence-corrected chi connectivity index (χ2v) is 13.0. The summed E-state index contributed by atoms with van der Waals surface area (Å²) >= 11 is 0. The van der Waals surface area contributed by atoms with Crippen LogP contribution in [0.25, 0.3) is 0 Å². The summed E-state index contributed by atoms with van der Waals surface area (Å²) in [6.07, 6.45) is 2.04. The lowest BCUT2D eigenvalue weighted by Crippen LogP contribution is -2.49. The number of hydrogen-bond acceptors (Lipinski definition) is 3. The second-order valence-electron chi connectivity index (χ2n) is 9.75. The Balaban J connectivity index is 2.35. The molecule has 6 heteroatoms. The van der Waals surface area contributed by atoms with Crippen molar-refractivity contribution in [3.8, 4) is 0 Å². The molecule has 0 aromatic heterocycles. The summed E-state index contributed by atoms with van der Waals surface area (Å²) in [7, 11) is -2.39. The van der Waals surface area contributed by atoms with E-state index in [-0.39, 0.29) is 12.1 Å². The molecular weight excluding hydrogens is 402 g/mol. The number of nitrogens with zero attached hydrogens (tertiary/aromatic N) is 2. The maximum absolute atomic E-state index is 6.80. The molecule has 0 atom stereocenters. The van der Waals surface area contributed by atoms with E-state index in [1.165, 1.54) is 10.6 Å². The summed E-state index contributed by atoms with van der Waals surface area (Å²) in [6.45, 7) is 16.7. The summed E-state index contributed by atoms with van der Waals surface area (Å²) in [4.78, 5) is 4.82. The van der Waals surface area contributed by atoms with Crippen LogP contribution in [0, 0.1) is 0 Å². The van der Waals surface area contributed by atoms with Crippen molar-refractivity contribution in [3.63, 3.8) is 0 Å². The van der Waals surface area contributed by atoms with Gasteiger partial charge in [-0.1, -0.05) is 36.4 Å². The maximum Gasteiger partial charge on any atom is 0.705 e. The van der Waals surface area contributed by atoms with E-state index in [1.807, 2.05) is 6.34 Å². The summed E-state index contributed by atoms with van der Waals surface area (Å²) in [5.74, 6) is 0. The molecule has 0 N–H and O–H groups in total. The monoisotopic (exact) mass is 439 g/mol. The number of benzene rings is 2. The van der Waals surface area contributed by atoms with Crippen molar-refractivity contribution in [2.45, 2.75) is 78.7 Å². The summed E-state index contributed by atoms with van der Waals surface area (Å²) in [5.41, 5.74) is -0.853. The third-order valence-corrected chi connectivity index (χ3v) is 10.5. The zero-order chi connectivity index (χ0) is 22.9. The fourth-order valence-corrected chi connectivity index (χ4v) is 8.40. The van der Waals surface area contributed by atoms with Gasteiger partial charge in [-0.25, -0.2) is 4.67 Å². The highest BCUT2D eigenvalue weighted by atomic mass is 31.2. The van der Waals surface area contributed by atoms with Gasteiger partial charge in [0, 0.05) is 6.04 Å². The van der Waals surface area contributed by atoms with Crippen LogP contribution < -0.4 is 10.6 Å². The van der Waals surface area contributed by atoms with Gasteiger partial charge in [-0.15, -0.1) is 0 Å². The zero-order valence-electron chi connectivity index (χ0n) is 20.2. The molecule has 0 bridgehead atoms. The highest BCUT2D eigenvalue weighted by molar-refractivity contribution is 8.11. The van der Waals surface area contributed by atoms with Crippen LogP contribution in [0.1, 0.15) is 55.4 Å². The Morgan fingerprint density at radius 3 is 1.58 bits per heavy atom. The molecule has 1 aliphatic heterocycles. The van der Waals surface area contributed by atoms with E-state index < -0.39 is 25.3 Å².